The summed E-state index contributed by atoms with van der Waals surface area (Å²) in [7, 11) is 1.49. The quantitative estimate of drug-likeness (QED) is 0.653. The lowest BCUT2D eigenvalue weighted by molar-refractivity contribution is -0.137. The minimum atomic E-state index is -1.03. The largest absolute Gasteiger partial charge is 0.480 e. The van der Waals surface area contributed by atoms with Crippen molar-refractivity contribution in [3.8, 4) is 0 Å². The molecule has 9 nitrogen and oxygen atoms in total. The first kappa shape index (κ1) is 16.5. The van der Waals surface area contributed by atoms with E-state index in [-0.39, 0.29) is 19.0 Å². The number of hydrogen-bond donors (Lipinski definition) is 3. The second-order valence-electron chi connectivity index (χ2n) is 4.46. The maximum Gasteiger partial charge on any atom is 0.325 e. The highest BCUT2D eigenvalue weighted by Gasteiger charge is 2.13. The van der Waals surface area contributed by atoms with Gasteiger partial charge in [-0.25, -0.2) is 4.79 Å². The third-order valence-electron chi connectivity index (χ3n) is 2.48. The predicted molar refractivity (Wildman–Crippen MR) is 74.8 cm³/mol. The molecular weight excluding hydrogens is 278 g/mol. The monoisotopic (exact) mass is 297 g/mol. The Kier molecular flexibility index (Phi) is 6.18. The average molecular weight is 297 g/mol. The lowest BCUT2D eigenvalue weighted by Crippen LogP contribution is -2.40. The van der Waals surface area contributed by atoms with Gasteiger partial charge in [-0.2, -0.15) is 5.10 Å². The molecule has 0 saturated carbocycles. The van der Waals surface area contributed by atoms with E-state index in [1.807, 2.05) is 6.92 Å². The molecule has 3 N–H and O–H groups in total. The minimum Gasteiger partial charge on any atom is -0.480 e. The standard InChI is InChI=1S/C12H19N5O4/c1-3-4-13-10(18)7-16(2)12(21)15-9-5-14-17(6-9)8-11(19)20/h5-6H,3-4,7-8H2,1-2H3,(H,13,18)(H,15,21)(H,19,20). The topological polar surface area (TPSA) is 117 Å². The third kappa shape index (κ3) is 5.93. The summed E-state index contributed by atoms with van der Waals surface area (Å²) in [5, 5.41) is 17.6. The van der Waals surface area contributed by atoms with Crippen LogP contribution in [0.2, 0.25) is 0 Å². The van der Waals surface area contributed by atoms with Gasteiger partial charge in [0.1, 0.15) is 13.1 Å². The Morgan fingerprint density at radius 3 is 2.76 bits per heavy atom. The molecule has 0 aliphatic carbocycles. The van der Waals surface area contributed by atoms with E-state index < -0.39 is 12.0 Å². The third-order valence-corrected chi connectivity index (χ3v) is 2.48. The van der Waals surface area contributed by atoms with Gasteiger partial charge in [0.25, 0.3) is 0 Å². The number of carbonyl (C=O) groups is 3. The normalized spacial score (nSPS) is 10.0. The number of urea groups is 1. The van der Waals surface area contributed by atoms with E-state index in [0.29, 0.717) is 12.2 Å². The number of hydrogen-bond acceptors (Lipinski definition) is 4. The lowest BCUT2D eigenvalue weighted by Gasteiger charge is -2.16. The summed E-state index contributed by atoms with van der Waals surface area (Å²) in [5.41, 5.74) is 0.363. The molecular formula is C12H19N5O4. The van der Waals surface area contributed by atoms with Gasteiger partial charge in [0.2, 0.25) is 5.91 Å². The number of likely N-dealkylation sites (N-methyl/N-ethyl adjacent to an activating group) is 1. The number of anilines is 1. The van der Waals surface area contributed by atoms with Crippen LogP contribution in [0.3, 0.4) is 0 Å². The molecule has 9 heteroatoms. The lowest BCUT2D eigenvalue weighted by atomic mass is 10.4. The zero-order valence-corrected chi connectivity index (χ0v) is 12.0. The van der Waals surface area contributed by atoms with Gasteiger partial charge in [-0.1, -0.05) is 6.92 Å². The second-order valence-corrected chi connectivity index (χ2v) is 4.46. The first-order chi connectivity index (χ1) is 9.92. The fourth-order valence-corrected chi connectivity index (χ4v) is 1.48. The van der Waals surface area contributed by atoms with Crippen LogP contribution >= 0.6 is 0 Å². The van der Waals surface area contributed by atoms with E-state index >= 15 is 0 Å². The van der Waals surface area contributed by atoms with E-state index in [0.717, 1.165) is 6.42 Å². The Morgan fingerprint density at radius 2 is 2.14 bits per heavy atom. The summed E-state index contributed by atoms with van der Waals surface area (Å²) in [6.07, 6.45) is 3.56. The molecule has 116 valence electrons. The molecule has 0 aromatic carbocycles. The van der Waals surface area contributed by atoms with Crippen molar-refractivity contribution in [3.63, 3.8) is 0 Å². The van der Waals surface area contributed by atoms with Crippen LogP contribution in [0, 0.1) is 0 Å². The Hall–Kier alpha value is -2.58. The number of rotatable bonds is 7. The molecule has 0 bridgehead atoms. The zero-order valence-electron chi connectivity index (χ0n) is 12.0. The van der Waals surface area contributed by atoms with Crippen molar-refractivity contribution in [3.05, 3.63) is 12.4 Å². The molecule has 0 atom stereocenters. The van der Waals surface area contributed by atoms with Gasteiger partial charge in [0.05, 0.1) is 11.9 Å². The number of nitrogens with one attached hydrogen (secondary N) is 2. The van der Waals surface area contributed by atoms with Crippen LogP contribution in [0.4, 0.5) is 10.5 Å². The molecule has 0 fully saturated rings. The smallest absolute Gasteiger partial charge is 0.325 e. The molecule has 0 unspecified atom stereocenters. The number of carbonyl (C=O) groups excluding carboxylic acids is 2. The number of aromatic nitrogens is 2. The van der Waals surface area contributed by atoms with Gasteiger partial charge in [0.15, 0.2) is 0 Å². The molecule has 1 rings (SSSR count). The van der Waals surface area contributed by atoms with E-state index in [9.17, 15) is 14.4 Å². The zero-order chi connectivity index (χ0) is 15.8. The van der Waals surface area contributed by atoms with Crippen LogP contribution in [0.25, 0.3) is 0 Å². The Bertz CT molecular complexity index is 514. The van der Waals surface area contributed by atoms with E-state index in [4.69, 9.17) is 5.11 Å². The summed E-state index contributed by atoms with van der Waals surface area (Å²) in [6, 6.07) is -0.475. The number of carboxylic acids is 1. The predicted octanol–water partition coefficient (Wildman–Crippen LogP) is -0.0424. The first-order valence-corrected chi connectivity index (χ1v) is 6.45. The van der Waals surface area contributed by atoms with Crippen molar-refractivity contribution in [1.82, 2.24) is 20.0 Å². The summed E-state index contributed by atoms with van der Waals surface area (Å²) < 4.78 is 1.19. The highest BCUT2D eigenvalue weighted by atomic mass is 16.4. The van der Waals surface area contributed by atoms with Crippen LogP contribution in [0.1, 0.15) is 13.3 Å². The van der Waals surface area contributed by atoms with Gasteiger partial charge in [-0.15, -0.1) is 0 Å². The van der Waals surface area contributed by atoms with Crippen molar-refractivity contribution >= 4 is 23.6 Å². The van der Waals surface area contributed by atoms with Crippen molar-refractivity contribution in [2.24, 2.45) is 0 Å². The van der Waals surface area contributed by atoms with Crippen LogP contribution in [0.5, 0.6) is 0 Å². The van der Waals surface area contributed by atoms with E-state index in [1.54, 1.807) is 0 Å². The number of aliphatic carboxylic acids is 1. The highest BCUT2D eigenvalue weighted by Crippen LogP contribution is 2.05. The maximum absolute atomic E-state index is 11.8. The van der Waals surface area contributed by atoms with Gasteiger partial charge in [-0.05, 0) is 6.42 Å². The molecule has 1 aromatic heterocycles. The number of carboxylic acid groups (broad SMARTS) is 1. The van der Waals surface area contributed by atoms with Crippen molar-refractivity contribution in [1.29, 1.82) is 0 Å². The molecule has 0 saturated heterocycles. The van der Waals surface area contributed by atoms with Gasteiger partial charge in [0, 0.05) is 19.8 Å². The molecule has 0 radical (unpaired) electrons. The van der Waals surface area contributed by atoms with Gasteiger partial charge >= 0.3 is 12.0 Å². The molecule has 3 amide bonds. The highest BCUT2D eigenvalue weighted by molar-refractivity contribution is 5.91. The summed E-state index contributed by atoms with van der Waals surface area (Å²) in [6.45, 7) is 2.15. The van der Waals surface area contributed by atoms with Crippen LogP contribution in [0.15, 0.2) is 12.4 Å². The van der Waals surface area contributed by atoms with Crippen LogP contribution in [-0.4, -0.2) is 57.8 Å². The van der Waals surface area contributed by atoms with Gasteiger partial charge in [-0.3, -0.25) is 14.3 Å². The molecule has 0 aliphatic heterocycles. The number of amides is 3. The second kappa shape index (κ2) is 7.88. The van der Waals surface area contributed by atoms with E-state index in [2.05, 4.69) is 15.7 Å². The summed E-state index contributed by atoms with van der Waals surface area (Å²) in [4.78, 5) is 35.1. The molecule has 0 aliphatic rings. The maximum atomic E-state index is 11.8. The van der Waals surface area contributed by atoms with Crippen LogP contribution in [-0.2, 0) is 16.1 Å². The fraction of sp³-hybridized carbons (Fsp3) is 0.500. The molecule has 21 heavy (non-hydrogen) atoms. The molecule has 0 spiro atoms. The first-order valence-electron chi connectivity index (χ1n) is 6.45. The molecule has 1 heterocycles. The van der Waals surface area contributed by atoms with Crippen molar-refractivity contribution in [2.75, 3.05) is 25.5 Å². The summed E-state index contributed by atoms with van der Waals surface area (Å²) >= 11 is 0. The minimum absolute atomic E-state index is 0.0604. The Labute approximate surface area is 121 Å². The Morgan fingerprint density at radius 1 is 1.43 bits per heavy atom. The summed E-state index contributed by atoms with van der Waals surface area (Å²) in [5.74, 6) is -1.27. The SMILES string of the molecule is CCCNC(=O)CN(C)C(=O)Nc1cnn(CC(=O)O)c1. The average Bonchev–Trinajstić information content (AvgIpc) is 2.82. The Balaban J connectivity index is 2.46. The van der Waals surface area contributed by atoms with Crippen molar-refractivity contribution in [2.45, 2.75) is 19.9 Å². The molecule has 1 aromatic rings. The fourth-order valence-electron chi connectivity index (χ4n) is 1.48. The van der Waals surface area contributed by atoms with E-state index in [1.165, 1.54) is 29.0 Å². The number of nitrogens with zero attached hydrogens (tertiary/aromatic N) is 3. The van der Waals surface area contributed by atoms with Gasteiger partial charge < -0.3 is 20.6 Å². The van der Waals surface area contributed by atoms with Crippen LogP contribution < -0.4 is 10.6 Å². The van der Waals surface area contributed by atoms with Crippen molar-refractivity contribution < 1.29 is 19.5 Å².